The molecule has 0 saturated heterocycles. The average molecular weight is 324 g/mol. The molecule has 1 aromatic heterocycles. The fourth-order valence-electron chi connectivity index (χ4n) is 1.65. The molecular weight excluding hydrogens is 306 g/mol. The third kappa shape index (κ3) is 6.26. The van der Waals surface area contributed by atoms with Crippen LogP contribution in [0.25, 0.3) is 0 Å². The first-order valence-electron chi connectivity index (χ1n) is 6.92. The summed E-state index contributed by atoms with van der Waals surface area (Å²) in [4.78, 5) is 0. The average Bonchev–Trinajstić information content (AvgIpc) is 2.55. The lowest BCUT2D eigenvalue weighted by molar-refractivity contribution is 0.105. The summed E-state index contributed by atoms with van der Waals surface area (Å²) in [6.07, 6.45) is -0.587. The summed E-state index contributed by atoms with van der Waals surface area (Å²) < 4.78 is 10.8. The number of aliphatic hydroxyl groups excluding tert-OH is 1. The largest absolute Gasteiger partial charge is 0.491 e. The molecule has 22 heavy (non-hydrogen) atoms. The van der Waals surface area contributed by atoms with Crippen LogP contribution in [0.3, 0.4) is 0 Å². The molecule has 7 heteroatoms. The fourth-order valence-corrected chi connectivity index (χ4v) is 1.75. The Bertz CT molecular complexity index is 539. The number of nitrogens with one attached hydrogen (secondary N) is 1. The molecule has 0 fully saturated rings. The quantitative estimate of drug-likeness (QED) is 0.682. The zero-order chi connectivity index (χ0) is 15.6. The predicted octanol–water partition coefficient (Wildman–Crippen LogP) is 1.54. The molecule has 0 spiro atoms. The van der Waals surface area contributed by atoms with E-state index in [9.17, 15) is 5.11 Å². The van der Waals surface area contributed by atoms with E-state index in [1.807, 2.05) is 30.3 Å². The minimum atomic E-state index is -0.587. The first-order chi connectivity index (χ1) is 10.7. The van der Waals surface area contributed by atoms with Gasteiger partial charge in [-0.2, -0.15) is 0 Å². The molecule has 0 amide bonds. The van der Waals surface area contributed by atoms with Crippen molar-refractivity contribution in [1.29, 1.82) is 0 Å². The molecule has 0 aliphatic heterocycles. The molecular formula is C15H18ClN3O3. The lowest BCUT2D eigenvalue weighted by Crippen LogP contribution is -2.33. The molecule has 1 unspecified atom stereocenters. The summed E-state index contributed by atoms with van der Waals surface area (Å²) in [5.41, 5.74) is 0. The molecule has 1 heterocycles. The maximum absolute atomic E-state index is 9.79. The van der Waals surface area contributed by atoms with Gasteiger partial charge >= 0.3 is 0 Å². The van der Waals surface area contributed by atoms with Crippen LogP contribution in [0.1, 0.15) is 0 Å². The van der Waals surface area contributed by atoms with Gasteiger partial charge in [0.1, 0.15) is 25.1 Å². The van der Waals surface area contributed by atoms with E-state index in [4.69, 9.17) is 21.1 Å². The molecule has 1 atom stereocenters. The number of hydrogen-bond acceptors (Lipinski definition) is 6. The normalized spacial score (nSPS) is 11.9. The van der Waals surface area contributed by atoms with Gasteiger partial charge in [0.2, 0.25) is 5.88 Å². The number of rotatable bonds is 9. The van der Waals surface area contributed by atoms with Crippen LogP contribution in [-0.2, 0) is 0 Å². The molecule has 0 aliphatic rings. The highest BCUT2D eigenvalue weighted by Gasteiger charge is 2.04. The molecule has 2 aromatic rings. The van der Waals surface area contributed by atoms with Crippen LogP contribution in [0.2, 0.25) is 5.15 Å². The van der Waals surface area contributed by atoms with Crippen molar-refractivity contribution < 1.29 is 14.6 Å². The van der Waals surface area contributed by atoms with E-state index < -0.39 is 6.10 Å². The van der Waals surface area contributed by atoms with E-state index >= 15 is 0 Å². The monoisotopic (exact) mass is 323 g/mol. The van der Waals surface area contributed by atoms with Crippen molar-refractivity contribution in [3.8, 4) is 11.6 Å². The lowest BCUT2D eigenvalue weighted by Gasteiger charge is -2.13. The van der Waals surface area contributed by atoms with Crippen LogP contribution in [0.4, 0.5) is 0 Å². The van der Waals surface area contributed by atoms with Gasteiger partial charge in [0.25, 0.3) is 0 Å². The third-order valence-electron chi connectivity index (χ3n) is 2.70. The number of ether oxygens (including phenoxy) is 2. The van der Waals surface area contributed by atoms with Crippen molar-refractivity contribution in [2.45, 2.75) is 6.10 Å². The number of halogens is 1. The number of nitrogens with zero attached hydrogens (tertiary/aromatic N) is 2. The van der Waals surface area contributed by atoms with Gasteiger partial charge in [-0.3, -0.25) is 0 Å². The zero-order valence-corrected chi connectivity index (χ0v) is 12.7. The molecule has 1 aromatic carbocycles. The molecule has 118 valence electrons. The Labute approximate surface area is 134 Å². The number of aromatic nitrogens is 2. The predicted molar refractivity (Wildman–Crippen MR) is 83.4 cm³/mol. The Kier molecular flexibility index (Phi) is 6.89. The highest BCUT2D eigenvalue weighted by molar-refractivity contribution is 6.29. The summed E-state index contributed by atoms with van der Waals surface area (Å²) in [5, 5.41) is 20.6. The third-order valence-corrected chi connectivity index (χ3v) is 2.90. The minimum absolute atomic E-state index is 0.237. The standard InChI is InChI=1S/C15H18ClN3O3/c16-14-6-7-15(19-18-14)21-9-8-17-10-12(20)11-22-13-4-2-1-3-5-13/h1-7,12,17,20H,8-11H2. The van der Waals surface area contributed by atoms with Crippen molar-refractivity contribution in [3.63, 3.8) is 0 Å². The van der Waals surface area contributed by atoms with Crippen LogP contribution in [0.5, 0.6) is 11.6 Å². The second-order valence-corrected chi connectivity index (χ2v) is 4.91. The van der Waals surface area contributed by atoms with Crippen molar-refractivity contribution in [2.24, 2.45) is 0 Å². The van der Waals surface area contributed by atoms with Crippen molar-refractivity contribution >= 4 is 11.6 Å². The Morgan fingerprint density at radius 1 is 1.09 bits per heavy atom. The second-order valence-electron chi connectivity index (χ2n) is 4.52. The number of benzene rings is 1. The van der Waals surface area contributed by atoms with Gasteiger partial charge in [-0.1, -0.05) is 29.8 Å². The van der Waals surface area contributed by atoms with E-state index in [1.165, 1.54) is 0 Å². The van der Waals surface area contributed by atoms with Crippen molar-refractivity contribution in [2.75, 3.05) is 26.3 Å². The van der Waals surface area contributed by atoms with Gasteiger partial charge in [-0.05, 0) is 18.2 Å². The van der Waals surface area contributed by atoms with Crippen LogP contribution in [0, 0.1) is 0 Å². The van der Waals surface area contributed by atoms with Gasteiger partial charge < -0.3 is 19.9 Å². The van der Waals surface area contributed by atoms with Gasteiger partial charge in [0.05, 0.1) is 0 Å². The molecule has 0 saturated carbocycles. The Morgan fingerprint density at radius 3 is 2.64 bits per heavy atom. The van der Waals surface area contributed by atoms with E-state index in [0.29, 0.717) is 30.7 Å². The van der Waals surface area contributed by atoms with Gasteiger partial charge in [0.15, 0.2) is 5.15 Å². The van der Waals surface area contributed by atoms with Crippen LogP contribution < -0.4 is 14.8 Å². The molecule has 2 N–H and O–H groups in total. The SMILES string of the molecule is OC(CNCCOc1ccc(Cl)nn1)COc1ccccc1. The topological polar surface area (TPSA) is 76.5 Å². The molecule has 2 rings (SSSR count). The van der Waals surface area contributed by atoms with Crippen LogP contribution in [0.15, 0.2) is 42.5 Å². The minimum Gasteiger partial charge on any atom is -0.491 e. The number of aliphatic hydroxyl groups is 1. The van der Waals surface area contributed by atoms with E-state index in [-0.39, 0.29) is 6.61 Å². The van der Waals surface area contributed by atoms with E-state index in [1.54, 1.807) is 12.1 Å². The van der Waals surface area contributed by atoms with Gasteiger partial charge in [-0.15, -0.1) is 10.2 Å². The zero-order valence-electron chi connectivity index (χ0n) is 12.0. The van der Waals surface area contributed by atoms with Crippen LogP contribution >= 0.6 is 11.6 Å². The Balaban J connectivity index is 1.53. The highest BCUT2D eigenvalue weighted by Crippen LogP contribution is 2.08. The summed E-state index contributed by atoms with van der Waals surface area (Å²) in [7, 11) is 0. The van der Waals surface area contributed by atoms with Gasteiger partial charge in [0, 0.05) is 19.2 Å². The van der Waals surface area contributed by atoms with Gasteiger partial charge in [-0.25, -0.2) is 0 Å². The Morgan fingerprint density at radius 2 is 1.91 bits per heavy atom. The smallest absolute Gasteiger partial charge is 0.233 e. The first-order valence-corrected chi connectivity index (χ1v) is 7.30. The molecule has 0 aliphatic carbocycles. The summed E-state index contributed by atoms with van der Waals surface area (Å²) in [6.45, 7) is 1.65. The Hall–Kier alpha value is -1.89. The molecule has 0 bridgehead atoms. The van der Waals surface area contributed by atoms with Crippen molar-refractivity contribution in [1.82, 2.24) is 15.5 Å². The highest BCUT2D eigenvalue weighted by atomic mass is 35.5. The second kappa shape index (κ2) is 9.19. The van der Waals surface area contributed by atoms with Crippen LogP contribution in [-0.4, -0.2) is 47.7 Å². The molecule has 0 radical (unpaired) electrons. The maximum atomic E-state index is 9.79. The van der Waals surface area contributed by atoms with Crippen molar-refractivity contribution in [3.05, 3.63) is 47.6 Å². The maximum Gasteiger partial charge on any atom is 0.233 e. The lowest BCUT2D eigenvalue weighted by atomic mass is 10.3. The first kappa shape index (κ1) is 16.5. The number of hydrogen-bond donors (Lipinski definition) is 2. The summed E-state index contributed by atoms with van der Waals surface area (Å²) in [6, 6.07) is 12.6. The summed E-state index contributed by atoms with van der Waals surface area (Å²) >= 11 is 5.62. The fraction of sp³-hybridized carbons (Fsp3) is 0.333. The summed E-state index contributed by atoms with van der Waals surface area (Å²) in [5.74, 6) is 1.16. The molecule has 6 nitrogen and oxygen atoms in total. The number of para-hydroxylation sites is 1. The van der Waals surface area contributed by atoms with E-state index in [0.717, 1.165) is 5.75 Å². The van der Waals surface area contributed by atoms with E-state index in [2.05, 4.69) is 15.5 Å².